The molecule has 2 aliphatic rings. The van der Waals surface area contributed by atoms with E-state index in [1.54, 1.807) is 53.7 Å². The van der Waals surface area contributed by atoms with E-state index < -0.39 is 220 Å². The Hall–Kier alpha value is -9.38. The van der Waals surface area contributed by atoms with E-state index >= 15 is 0 Å². The maximum Gasteiger partial charge on any atom is 0.248 e. The van der Waals surface area contributed by atoms with Crippen LogP contribution in [0.3, 0.4) is 0 Å². The van der Waals surface area contributed by atoms with E-state index in [1.807, 2.05) is 18.2 Å². The lowest BCUT2D eigenvalue weighted by Crippen LogP contribution is -2.68. The van der Waals surface area contributed by atoms with Crippen molar-refractivity contribution in [2.24, 2.45) is 17.6 Å². The molecule has 1 unspecified atom stereocenters. The molecule has 2 aliphatic heterocycles. The van der Waals surface area contributed by atoms with Crippen LogP contribution in [0.1, 0.15) is 196 Å². The third kappa shape index (κ3) is 25.9. The number of nitrogens with zero attached hydrogens (tertiary/aromatic N) is 2. The number of β-amino-alcohol motifs (C(OH)–C–C–N with tert-alkyl or cyclic N) is 2. The first kappa shape index (κ1) is 92.8. The predicted molar refractivity (Wildman–Crippen MR) is 396 cm³/mol. The molecular weight excluding hydrogens is 1400 g/mol. The average Bonchev–Trinajstić information content (AvgIpc) is 1.23. The summed E-state index contributed by atoms with van der Waals surface area (Å²) in [4.78, 5) is 222. The van der Waals surface area contributed by atoms with Gasteiger partial charge < -0.3 is 100.0 Å². The minimum atomic E-state index is -1.90. The van der Waals surface area contributed by atoms with E-state index in [4.69, 9.17) is 5.73 Å². The van der Waals surface area contributed by atoms with Crippen molar-refractivity contribution in [1.29, 1.82) is 0 Å². The van der Waals surface area contributed by atoms with E-state index in [1.165, 1.54) is 104 Å². The molecule has 18 N–H and O–H groups in total. The van der Waals surface area contributed by atoms with E-state index in [2.05, 4.69) is 69.1 Å². The number of carbonyl (C=O) groups is 16. The summed E-state index contributed by atoms with van der Waals surface area (Å²) in [5.74, 6) is -13.6. The number of rotatable bonds is 38. The van der Waals surface area contributed by atoms with Gasteiger partial charge in [0.15, 0.2) is 0 Å². The number of carbonyl (C=O) groups excluding carboxylic acids is 16. The van der Waals surface area contributed by atoms with Gasteiger partial charge in [-0.3, -0.25) is 76.7 Å². The van der Waals surface area contributed by atoms with Gasteiger partial charge >= 0.3 is 0 Å². The van der Waals surface area contributed by atoms with E-state index in [0.717, 1.165) is 15.4 Å². The highest BCUT2D eigenvalue weighted by molar-refractivity contribution is 6.03. The lowest BCUT2D eigenvalue weighted by molar-refractivity contribution is -0.147. The molecule has 0 saturated carbocycles. The zero-order valence-electron chi connectivity index (χ0n) is 66.5. The summed E-state index contributed by atoms with van der Waals surface area (Å²) in [7, 11) is 0. The van der Waals surface area contributed by atoms with Gasteiger partial charge in [-0.15, -0.1) is 0 Å². The first-order valence-electron chi connectivity index (χ1n) is 36.4. The molecule has 1 aromatic rings. The van der Waals surface area contributed by atoms with Gasteiger partial charge in [-0.1, -0.05) is 71.9 Å². The molecule has 35 heteroatoms. The Bertz CT molecular complexity index is 3510. The Morgan fingerprint density at radius 3 is 1.41 bits per heavy atom. The number of aliphatic hydroxyl groups excluding tert-OH is 3. The maximum atomic E-state index is 14.6. The first-order valence-corrected chi connectivity index (χ1v) is 36.4. The number of likely N-dealkylation sites (tertiary alicyclic amines) is 2. The minimum Gasteiger partial charge on any atom is -0.394 e. The highest BCUT2D eigenvalue weighted by Crippen LogP contribution is 2.28. The SMILES string of the molecule is CC[C@@](C)(NC(=O)[C@H](CC(C)C)NC(=O)CNC(=O)C(C)(C)NC(=O)C(C)(C)NC(=O)C(C)(C)NC(=O)C(C)(C)NC(=O)[C@@H](NC(C)=O)C(C)C)C(=O)NC(C)(C)C(=O)N1C[C@H](O)C[C@H]1C(=O)NC(CCC(N)=O)C(=O)N[C@](C)(CC)C(=O)N1C[C@H](O)C[C@H]1C(=O)NC(C)(C)C(=O)N[C@H](CO)Cc1ccccc1. The highest BCUT2D eigenvalue weighted by atomic mass is 16.3. The Morgan fingerprint density at radius 2 is 0.944 bits per heavy atom. The summed E-state index contributed by atoms with van der Waals surface area (Å²) < 4.78 is 0. The Balaban J connectivity index is 1.72. The third-order valence-electron chi connectivity index (χ3n) is 19.1. The number of nitrogens with one attached hydrogen (secondary N) is 13. The Morgan fingerprint density at radius 1 is 0.500 bits per heavy atom. The van der Waals surface area contributed by atoms with Crippen molar-refractivity contribution in [1.82, 2.24) is 78.9 Å². The molecule has 0 radical (unpaired) electrons. The van der Waals surface area contributed by atoms with Crippen LogP contribution < -0.4 is 74.9 Å². The standard InChI is InChI=1S/C73H120N16O19/c1-22-72(20,82-54(97)47(31-39(3)4)78-51(95)35-75-58(101)66(8,9)84-61(104)69(14,15)86-62(105)70(16,17)85-60(103)68(12,13)81-57(100)52(40(5)6)76-41(7)91)63(106)87-71(18,19)64(107)88-36-44(92)33-48(88)55(98)79-46(29-30-50(74)94)53(96)83-73(21,23-2)65(108)89-37-45(93)34-49(89)56(99)80-67(10,11)59(102)77-43(38-90)32-42-27-25-24-26-28-42/h24-28,39-40,43-49,52,90,92-93H,22-23,29-38H2,1-21H3,(H2,74,94)(H,75,101)(H,76,91)(H,77,102)(H,78,95)(H,79,98)(H,80,99)(H,81,100)(H,82,97)(H,83,96)(H,84,104)(H,85,103)(H,86,105)(H,87,106)/t43-,44+,45+,46?,47-,48-,49-,52-,72+,73+/m0/s1. The number of primary amides is 1. The summed E-state index contributed by atoms with van der Waals surface area (Å²) in [6, 6.07) is 1.62. The van der Waals surface area contributed by atoms with Gasteiger partial charge in [0.2, 0.25) is 94.5 Å². The lowest BCUT2D eigenvalue weighted by atomic mass is 9.93. The zero-order valence-corrected chi connectivity index (χ0v) is 66.5. The van der Waals surface area contributed by atoms with Crippen LogP contribution in [0.25, 0.3) is 0 Å². The van der Waals surface area contributed by atoms with Gasteiger partial charge in [0.05, 0.1) is 31.4 Å². The smallest absolute Gasteiger partial charge is 0.248 e. The largest absolute Gasteiger partial charge is 0.394 e. The van der Waals surface area contributed by atoms with Gasteiger partial charge in [0, 0.05) is 39.3 Å². The highest BCUT2D eigenvalue weighted by Gasteiger charge is 2.51. The molecule has 0 aromatic heterocycles. The Labute approximate surface area is 632 Å². The number of aliphatic hydroxyl groups is 3. The van der Waals surface area contributed by atoms with Crippen LogP contribution in [0, 0.1) is 11.8 Å². The number of benzene rings is 1. The molecule has 1 aromatic carbocycles. The fourth-order valence-electron chi connectivity index (χ4n) is 11.8. The van der Waals surface area contributed by atoms with E-state index in [0.29, 0.717) is 0 Å². The van der Waals surface area contributed by atoms with Crippen molar-refractivity contribution in [2.45, 2.75) is 290 Å². The lowest BCUT2D eigenvalue weighted by Gasteiger charge is -2.38. The molecule has 0 spiro atoms. The van der Waals surface area contributed by atoms with E-state index in [-0.39, 0.29) is 56.9 Å². The van der Waals surface area contributed by atoms with Crippen LogP contribution in [0.4, 0.5) is 0 Å². The van der Waals surface area contributed by atoms with Gasteiger partial charge in [-0.05, 0) is 146 Å². The van der Waals surface area contributed by atoms with Crippen molar-refractivity contribution >= 4 is 94.5 Å². The summed E-state index contributed by atoms with van der Waals surface area (Å²) in [6.45, 7) is 28.4. The molecule has 3 rings (SSSR count). The Kier molecular flexibility index (Phi) is 32.3. The first-order chi connectivity index (χ1) is 49.4. The van der Waals surface area contributed by atoms with Crippen LogP contribution in [-0.4, -0.2) is 239 Å². The van der Waals surface area contributed by atoms with Crippen molar-refractivity contribution < 1.29 is 92.0 Å². The molecule has 108 heavy (non-hydrogen) atoms. The average molecular weight is 1530 g/mol. The van der Waals surface area contributed by atoms with Crippen molar-refractivity contribution in [2.75, 3.05) is 26.2 Å². The normalized spacial score (nSPS) is 18.5. The van der Waals surface area contributed by atoms with Crippen LogP contribution in [0.5, 0.6) is 0 Å². The quantitative estimate of drug-likeness (QED) is 0.0316. The number of nitrogens with two attached hydrogens (primary N) is 1. The van der Waals surface area contributed by atoms with E-state index in [9.17, 15) is 92.0 Å². The van der Waals surface area contributed by atoms with Crippen molar-refractivity contribution in [3.63, 3.8) is 0 Å². The van der Waals surface area contributed by atoms with Gasteiger partial charge in [0.1, 0.15) is 74.5 Å². The van der Waals surface area contributed by atoms with Gasteiger partial charge in [-0.25, -0.2) is 0 Å². The van der Waals surface area contributed by atoms with Crippen LogP contribution in [0.15, 0.2) is 30.3 Å². The second-order valence-corrected chi connectivity index (χ2v) is 32.6. The van der Waals surface area contributed by atoms with Crippen LogP contribution >= 0.6 is 0 Å². The minimum absolute atomic E-state index is 0.0199. The number of hydrogen-bond acceptors (Lipinski definition) is 19. The number of hydrogen-bond donors (Lipinski definition) is 17. The summed E-state index contributed by atoms with van der Waals surface area (Å²) in [5, 5.41) is 65.7. The predicted octanol–water partition coefficient (Wildman–Crippen LogP) is -2.87. The molecule has 2 saturated heterocycles. The second-order valence-electron chi connectivity index (χ2n) is 32.6. The fraction of sp³-hybridized carbons (Fsp3) is 0.699. The molecule has 0 bridgehead atoms. The monoisotopic (exact) mass is 1520 g/mol. The molecule has 606 valence electrons. The van der Waals surface area contributed by atoms with Crippen LogP contribution in [-0.2, 0) is 83.1 Å². The summed E-state index contributed by atoms with van der Waals surface area (Å²) >= 11 is 0. The van der Waals surface area contributed by atoms with Crippen molar-refractivity contribution in [3.05, 3.63) is 35.9 Å². The topological polar surface area (TPSA) is 523 Å². The molecular formula is C73H120N16O19. The molecule has 10 atom stereocenters. The fourth-order valence-corrected chi connectivity index (χ4v) is 11.8. The second kappa shape index (κ2) is 37.6. The summed E-state index contributed by atoms with van der Waals surface area (Å²) in [6.07, 6.45) is -3.93. The molecule has 35 nitrogen and oxygen atoms in total. The number of amides is 16. The van der Waals surface area contributed by atoms with Gasteiger partial charge in [-0.2, -0.15) is 0 Å². The molecule has 2 heterocycles. The molecule has 16 amide bonds. The molecule has 0 aliphatic carbocycles. The molecule has 2 fully saturated rings. The zero-order chi connectivity index (χ0) is 83.0. The third-order valence-corrected chi connectivity index (χ3v) is 19.1. The van der Waals surface area contributed by atoms with Crippen LogP contribution in [0.2, 0.25) is 0 Å². The van der Waals surface area contributed by atoms with Crippen molar-refractivity contribution in [3.8, 4) is 0 Å². The maximum absolute atomic E-state index is 14.6. The summed E-state index contributed by atoms with van der Waals surface area (Å²) in [5.41, 5.74) is -7.56. The van der Waals surface area contributed by atoms with Gasteiger partial charge in [0.25, 0.3) is 0 Å².